The molecular weight excluding hydrogens is 430 g/mol. The van der Waals surface area contributed by atoms with Gasteiger partial charge in [-0.2, -0.15) is 0 Å². The number of pyridine rings is 2. The van der Waals surface area contributed by atoms with Gasteiger partial charge in [-0.05, 0) is 66.2 Å². The van der Waals surface area contributed by atoms with Gasteiger partial charge < -0.3 is 16.8 Å². The molecule has 168 valence electrons. The number of carbonyl (C=O) groups is 1. The molecule has 0 aliphatic heterocycles. The van der Waals surface area contributed by atoms with Gasteiger partial charge in [0.2, 0.25) is 0 Å². The van der Waals surface area contributed by atoms with Crippen molar-refractivity contribution in [3.63, 3.8) is 0 Å². The number of anilines is 1. The Morgan fingerprint density at radius 1 is 1.00 bits per heavy atom. The number of nitrogens with zero attached hydrogens (tertiary/aromatic N) is 2. The number of rotatable bonds is 8. The Morgan fingerprint density at radius 3 is 2.55 bits per heavy atom. The Morgan fingerprint density at radius 2 is 1.79 bits per heavy atom. The number of nitrogen functional groups attached to an aromatic ring is 1. The highest BCUT2D eigenvalue weighted by Gasteiger charge is 2.11. The highest BCUT2D eigenvalue weighted by atomic mass is 32.2. The summed E-state index contributed by atoms with van der Waals surface area (Å²) >= 11 is 1.81. The maximum absolute atomic E-state index is 12.4. The number of amides is 1. The number of hydrogen-bond donors (Lipinski definition) is 3. The molecule has 0 atom stereocenters. The Kier molecular flexibility index (Phi) is 7.22. The molecule has 0 bridgehead atoms. The number of nitrogens with one attached hydrogen (secondary N) is 1. The van der Waals surface area contributed by atoms with Crippen molar-refractivity contribution in [2.45, 2.75) is 18.2 Å². The molecule has 33 heavy (non-hydrogen) atoms. The summed E-state index contributed by atoms with van der Waals surface area (Å²) in [4.78, 5) is 22.5. The first-order chi connectivity index (χ1) is 16.1. The molecule has 0 radical (unpaired) electrons. The van der Waals surface area contributed by atoms with Crippen molar-refractivity contribution in [2.75, 3.05) is 24.6 Å². The second-order valence-electron chi connectivity index (χ2n) is 7.65. The van der Waals surface area contributed by atoms with E-state index < -0.39 is 0 Å². The standard InChI is InChI=1S/C26H27N5OS/c1-2-33-22-7-4-17(5-8-22)23-14-19-12-18(6-9-24(19)31-25(23)28)20-13-21(16-29-15-20)26(32)30-11-3-10-27/h4-9,12-16H,2-3,10-11,27H2,1H3,(H2,28,31)(H,30,32). The molecule has 0 saturated carbocycles. The van der Waals surface area contributed by atoms with Crippen molar-refractivity contribution in [1.82, 2.24) is 15.3 Å². The number of nitrogens with two attached hydrogens (primary N) is 2. The van der Waals surface area contributed by atoms with Gasteiger partial charge in [0.15, 0.2) is 0 Å². The van der Waals surface area contributed by atoms with E-state index in [1.165, 1.54) is 4.90 Å². The largest absolute Gasteiger partial charge is 0.383 e. The van der Waals surface area contributed by atoms with Crippen LogP contribution in [0.3, 0.4) is 0 Å². The van der Waals surface area contributed by atoms with Gasteiger partial charge in [0.05, 0.1) is 11.1 Å². The summed E-state index contributed by atoms with van der Waals surface area (Å²) in [6, 6.07) is 18.3. The van der Waals surface area contributed by atoms with E-state index in [1.54, 1.807) is 12.4 Å². The summed E-state index contributed by atoms with van der Waals surface area (Å²) in [6.45, 7) is 3.22. The third kappa shape index (κ3) is 5.32. The minimum absolute atomic E-state index is 0.153. The molecule has 0 unspecified atom stereocenters. The summed E-state index contributed by atoms with van der Waals surface area (Å²) in [5.41, 5.74) is 16.9. The summed E-state index contributed by atoms with van der Waals surface area (Å²) < 4.78 is 0. The van der Waals surface area contributed by atoms with Crippen LogP contribution in [0.15, 0.2) is 71.9 Å². The second kappa shape index (κ2) is 10.5. The van der Waals surface area contributed by atoms with Crippen molar-refractivity contribution < 1.29 is 4.79 Å². The molecule has 0 aliphatic carbocycles. The zero-order chi connectivity index (χ0) is 23.2. The van der Waals surface area contributed by atoms with E-state index in [0.717, 1.165) is 45.3 Å². The van der Waals surface area contributed by atoms with Gasteiger partial charge in [0.25, 0.3) is 5.91 Å². The number of carbonyl (C=O) groups excluding carboxylic acids is 1. The fraction of sp³-hybridized carbons (Fsp3) is 0.192. The SMILES string of the molecule is CCSc1ccc(-c2cc3cc(-c4cncc(C(=O)NCCCN)c4)ccc3nc2N)cc1. The van der Waals surface area contributed by atoms with Crippen LogP contribution >= 0.6 is 11.8 Å². The smallest absolute Gasteiger partial charge is 0.252 e. The van der Waals surface area contributed by atoms with Crippen molar-refractivity contribution in [1.29, 1.82) is 0 Å². The topological polar surface area (TPSA) is 107 Å². The van der Waals surface area contributed by atoms with Gasteiger partial charge in [-0.25, -0.2) is 4.98 Å². The maximum Gasteiger partial charge on any atom is 0.252 e. The average molecular weight is 458 g/mol. The molecule has 2 heterocycles. The lowest BCUT2D eigenvalue weighted by Crippen LogP contribution is -2.26. The van der Waals surface area contributed by atoms with Crippen molar-refractivity contribution >= 4 is 34.4 Å². The van der Waals surface area contributed by atoms with Gasteiger partial charge in [0, 0.05) is 40.3 Å². The molecule has 2 aromatic heterocycles. The van der Waals surface area contributed by atoms with Crippen molar-refractivity contribution in [3.8, 4) is 22.3 Å². The normalized spacial score (nSPS) is 11.0. The summed E-state index contributed by atoms with van der Waals surface area (Å²) in [7, 11) is 0. The van der Waals surface area contributed by atoms with Gasteiger partial charge in [-0.1, -0.05) is 25.1 Å². The van der Waals surface area contributed by atoms with E-state index in [9.17, 15) is 4.79 Å². The molecule has 0 saturated heterocycles. The van der Waals surface area contributed by atoms with E-state index in [-0.39, 0.29) is 5.91 Å². The zero-order valence-corrected chi connectivity index (χ0v) is 19.4. The third-order valence-electron chi connectivity index (χ3n) is 5.32. The Bertz CT molecular complexity index is 1270. The van der Waals surface area contributed by atoms with Crippen molar-refractivity contribution in [3.05, 3.63) is 72.6 Å². The molecule has 4 rings (SSSR count). The molecule has 5 N–H and O–H groups in total. The Hall–Kier alpha value is -3.42. The van der Waals surface area contributed by atoms with E-state index in [1.807, 2.05) is 30.0 Å². The molecule has 0 fully saturated rings. The highest BCUT2D eigenvalue weighted by Crippen LogP contribution is 2.32. The van der Waals surface area contributed by atoms with Crippen LogP contribution in [0.2, 0.25) is 0 Å². The number of aromatic nitrogens is 2. The predicted octanol–water partition coefficient (Wildman–Crippen LogP) is 4.74. The van der Waals surface area contributed by atoms with Crippen LogP contribution in [0.5, 0.6) is 0 Å². The fourth-order valence-electron chi connectivity index (χ4n) is 3.63. The van der Waals surface area contributed by atoms with E-state index >= 15 is 0 Å². The zero-order valence-electron chi connectivity index (χ0n) is 18.5. The van der Waals surface area contributed by atoms with Gasteiger partial charge in [-0.15, -0.1) is 11.8 Å². The maximum atomic E-state index is 12.4. The first-order valence-corrected chi connectivity index (χ1v) is 11.9. The number of thioether (sulfide) groups is 1. The van der Waals surface area contributed by atoms with Gasteiger partial charge in [0.1, 0.15) is 5.82 Å². The number of benzene rings is 2. The lowest BCUT2D eigenvalue weighted by atomic mass is 10.0. The summed E-state index contributed by atoms with van der Waals surface area (Å²) in [5.74, 6) is 1.39. The number of fused-ring (bicyclic) bond motifs is 1. The summed E-state index contributed by atoms with van der Waals surface area (Å²) in [6.07, 6.45) is 4.07. The quantitative estimate of drug-likeness (QED) is 0.261. The Balaban J connectivity index is 1.66. The van der Waals surface area contributed by atoms with Gasteiger partial charge in [-0.3, -0.25) is 9.78 Å². The Labute approximate surface area is 197 Å². The van der Waals surface area contributed by atoms with E-state index in [0.29, 0.717) is 24.5 Å². The second-order valence-corrected chi connectivity index (χ2v) is 8.98. The van der Waals surface area contributed by atoms with Crippen LogP contribution < -0.4 is 16.8 Å². The molecule has 6 nitrogen and oxygen atoms in total. The molecule has 0 aliphatic rings. The average Bonchev–Trinajstić information content (AvgIpc) is 2.84. The van der Waals surface area contributed by atoms with Crippen LogP contribution in [0.25, 0.3) is 33.2 Å². The molecular formula is C26H27N5OS. The van der Waals surface area contributed by atoms with E-state index in [2.05, 4.69) is 58.6 Å². The monoisotopic (exact) mass is 457 g/mol. The first kappa shape index (κ1) is 22.8. The third-order valence-corrected chi connectivity index (χ3v) is 6.21. The molecule has 4 aromatic rings. The number of hydrogen-bond acceptors (Lipinski definition) is 6. The molecule has 2 aromatic carbocycles. The van der Waals surface area contributed by atoms with Crippen LogP contribution in [0.1, 0.15) is 23.7 Å². The molecule has 7 heteroatoms. The minimum Gasteiger partial charge on any atom is -0.383 e. The minimum atomic E-state index is -0.153. The molecule has 0 spiro atoms. The van der Waals surface area contributed by atoms with Crippen LogP contribution in [0, 0.1) is 0 Å². The lowest BCUT2D eigenvalue weighted by Gasteiger charge is -2.10. The predicted molar refractivity (Wildman–Crippen MR) is 137 cm³/mol. The highest BCUT2D eigenvalue weighted by molar-refractivity contribution is 7.99. The fourth-order valence-corrected chi connectivity index (χ4v) is 4.29. The summed E-state index contributed by atoms with van der Waals surface area (Å²) in [5, 5.41) is 3.84. The van der Waals surface area contributed by atoms with Crippen LogP contribution in [-0.4, -0.2) is 34.7 Å². The lowest BCUT2D eigenvalue weighted by molar-refractivity contribution is 0.0953. The molecule has 1 amide bonds. The van der Waals surface area contributed by atoms with E-state index in [4.69, 9.17) is 11.5 Å². The van der Waals surface area contributed by atoms with Crippen molar-refractivity contribution in [2.24, 2.45) is 5.73 Å². The van der Waals surface area contributed by atoms with Gasteiger partial charge >= 0.3 is 0 Å². The van der Waals surface area contributed by atoms with Crippen LogP contribution in [0.4, 0.5) is 5.82 Å². The first-order valence-electron chi connectivity index (χ1n) is 11.0. The van der Waals surface area contributed by atoms with Crippen LogP contribution in [-0.2, 0) is 0 Å².